The van der Waals surface area contributed by atoms with Gasteiger partial charge in [-0.2, -0.15) is 0 Å². The van der Waals surface area contributed by atoms with E-state index in [9.17, 15) is 0 Å². The molecule has 3 rings (SSSR count). The van der Waals surface area contributed by atoms with Crippen molar-refractivity contribution in [3.8, 4) is 0 Å². The van der Waals surface area contributed by atoms with E-state index in [-0.39, 0.29) is 24.8 Å². The zero-order valence-electron chi connectivity index (χ0n) is 13.3. The fourth-order valence-corrected chi connectivity index (χ4v) is 2.78. The predicted molar refractivity (Wildman–Crippen MR) is 96.7 cm³/mol. The summed E-state index contributed by atoms with van der Waals surface area (Å²) in [7, 11) is 0. The minimum Gasteiger partial charge on any atom is -0.361 e. The zero-order valence-corrected chi connectivity index (χ0v) is 14.9. The number of aromatic nitrogens is 3. The third-order valence-corrected chi connectivity index (χ3v) is 3.87. The van der Waals surface area contributed by atoms with Gasteiger partial charge in [0.1, 0.15) is 11.6 Å². The number of hydrogen-bond donors (Lipinski definition) is 1. The van der Waals surface area contributed by atoms with Crippen LogP contribution in [0.1, 0.15) is 22.8 Å². The van der Waals surface area contributed by atoms with Gasteiger partial charge in [-0.3, -0.25) is 0 Å². The van der Waals surface area contributed by atoms with E-state index in [1.165, 1.54) is 5.56 Å². The molecule has 0 fully saturated rings. The molecule has 3 aromatic rings. The maximum Gasteiger partial charge on any atom is 0.137 e. The van der Waals surface area contributed by atoms with E-state index < -0.39 is 0 Å². The minimum atomic E-state index is 0. The number of nitrogens with two attached hydrogens (primary N) is 1. The predicted octanol–water partition coefficient (Wildman–Crippen LogP) is 3.23. The second-order valence-corrected chi connectivity index (χ2v) is 5.26. The number of nitrogens with zero attached hydrogens (tertiary/aromatic N) is 3. The summed E-state index contributed by atoms with van der Waals surface area (Å²) < 4.78 is 7.49. The Hall–Kier alpha value is -1.56. The van der Waals surface area contributed by atoms with E-state index in [1.54, 1.807) is 0 Å². The van der Waals surface area contributed by atoms with Crippen molar-refractivity contribution in [3.63, 3.8) is 0 Å². The summed E-state index contributed by atoms with van der Waals surface area (Å²) in [5.74, 6) is 1.95. The summed E-state index contributed by atoms with van der Waals surface area (Å²) in [6.45, 7) is 5.41. The summed E-state index contributed by atoms with van der Waals surface area (Å²) >= 11 is 0. The number of aryl methyl sites for hydroxylation is 3. The molecule has 0 saturated heterocycles. The first-order valence-electron chi connectivity index (χ1n) is 7.26. The van der Waals surface area contributed by atoms with Gasteiger partial charge < -0.3 is 14.8 Å². The average molecular weight is 357 g/mol. The van der Waals surface area contributed by atoms with Gasteiger partial charge in [0.25, 0.3) is 0 Å². The molecule has 126 valence electrons. The van der Waals surface area contributed by atoms with Crippen LogP contribution in [0, 0.1) is 13.8 Å². The van der Waals surface area contributed by atoms with Crippen LogP contribution in [0.15, 0.2) is 28.8 Å². The number of imidazole rings is 1. The Bertz CT molecular complexity index is 747. The van der Waals surface area contributed by atoms with Crippen molar-refractivity contribution in [2.45, 2.75) is 33.2 Å². The van der Waals surface area contributed by atoms with Crippen LogP contribution in [-0.2, 0) is 19.4 Å². The normalized spacial score (nSPS) is 10.4. The quantitative estimate of drug-likeness (QED) is 0.761. The molecular formula is C16H22Cl2N4O. The van der Waals surface area contributed by atoms with E-state index in [0.29, 0.717) is 6.54 Å². The van der Waals surface area contributed by atoms with Crippen molar-refractivity contribution >= 4 is 35.8 Å². The first-order valence-corrected chi connectivity index (χ1v) is 7.26. The molecule has 7 heteroatoms. The van der Waals surface area contributed by atoms with Gasteiger partial charge in [0.15, 0.2) is 0 Å². The lowest BCUT2D eigenvalue weighted by Crippen LogP contribution is -2.11. The van der Waals surface area contributed by atoms with Gasteiger partial charge in [-0.1, -0.05) is 17.3 Å². The third kappa shape index (κ3) is 3.86. The molecule has 23 heavy (non-hydrogen) atoms. The Kier molecular flexibility index (Phi) is 7.06. The maximum atomic E-state index is 5.71. The number of para-hydroxylation sites is 2. The summed E-state index contributed by atoms with van der Waals surface area (Å²) in [5.41, 5.74) is 10.1. The first-order chi connectivity index (χ1) is 10.2. The summed E-state index contributed by atoms with van der Waals surface area (Å²) in [6.07, 6.45) is 1.68. The van der Waals surface area contributed by atoms with Crippen LogP contribution >= 0.6 is 24.8 Å². The van der Waals surface area contributed by atoms with Gasteiger partial charge >= 0.3 is 0 Å². The van der Waals surface area contributed by atoms with Crippen molar-refractivity contribution in [2.75, 3.05) is 6.54 Å². The van der Waals surface area contributed by atoms with Crippen LogP contribution in [0.25, 0.3) is 11.0 Å². The van der Waals surface area contributed by atoms with E-state index >= 15 is 0 Å². The second kappa shape index (κ2) is 8.34. The highest BCUT2D eigenvalue weighted by Crippen LogP contribution is 2.19. The number of benzene rings is 1. The van der Waals surface area contributed by atoms with Gasteiger partial charge in [-0.25, -0.2) is 4.98 Å². The highest BCUT2D eigenvalue weighted by Gasteiger charge is 2.13. The lowest BCUT2D eigenvalue weighted by atomic mass is 10.1. The molecule has 0 bridgehead atoms. The third-order valence-electron chi connectivity index (χ3n) is 3.87. The van der Waals surface area contributed by atoms with E-state index in [2.05, 4.69) is 15.8 Å². The fraction of sp³-hybridized carbons (Fsp3) is 0.375. The van der Waals surface area contributed by atoms with Gasteiger partial charge in [-0.15, -0.1) is 24.8 Å². The molecule has 0 aliphatic heterocycles. The molecule has 5 nitrogen and oxygen atoms in total. The smallest absolute Gasteiger partial charge is 0.137 e. The highest BCUT2D eigenvalue weighted by atomic mass is 35.5. The Morgan fingerprint density at radius 1 is 1.13 bits per heavy atom. The van der Waals surface area contributed by atoms with Crippen LogP contribution in [0.3, 0.4) is 0 Å². The average Bonchev–Trinajstić information content (AvgIpc) is 2.98. The number of hydrogen-bond acceptors (Lipinski definition) is 4. The first kappa shape index (κ1) is 19.5. The van der Waals surface area contributed by atoms with Crippen LogP contribution in [-0.4, -0.2) is 21.3 Å². The molecule has 1 aromatic carbocycles. The van der Waals surface area contributed by atoms with Gasteiger partial charge in [-0.05, 0) is 38.9 Å². The number of rotatable bonds is 5. The minimum absolute atomic E-state index is 0. The molecule has 0 unspecified atom stereocenters. The SMILES string of the molecule is Cc1noc(C)c1CCn1c(CCN)nc2ccccc21.Cl.Cl. The van der Waals surface area contributed by atoms with Crippen LogP contribution in [0.5, 0.6) is 0 Å². The molecule has 0 spiro atoms. The topological polar surface area (TPSA) is 69.9 Å². The van der Waals surface area contributed by atoms with Crippen LogP contribution in [0.2, 0.25) is 0 Å². The molecule has 0 saturated carbocycles. The molecule has 0 atom stereocenters. The zero-order chi connectivity index (χ0) is 14.8. The fourth-order valence-electron chi connectivity index (χ4n) is 2.78. The number of halogens is 2. The second-order valence-electron chi connectivity index (χ2n) is 5.26. The molecule has 2 N–H and O–H groups in total. The standard InChI is InChI=1S/C16H20N4O.2ClH/c1-11-13(12(2)21-19-11)8-10-20-15-6-4-3-5-14(15)18-16(20)7-9-17;;/h3-6H,7-10,17H2,1-2H3;2*1H. The Labute approximate surface area is 148 Å². The van der Waals surface area contributed by atoms with Crippen molar-refractivity contribution in [2.24, 2.45) is 5.73 Å². The van der Waals surface area contributed by atoms with Crippen LogP contribution in [0.4, 0.5) is 0 Å². The van der Waals surface area contributed by atoms with E-state index in [4.69, 9.17) is 15.2 Å². The summed E-state index contributed by atoms with van der Waals surface area (Å²) in [4.78, 5) is 4.69. The van der Waals surface area contributed by atoms with E-state index in [0.717, 1.165) is 47.7 Å². The highest BCUT2D eigenvalue weighted by molar-refractivity contribution is 5.85. The Balaban J connectivity index is 0.00000132. The molecule has 2 heterocycles. The molecule has 0 aliphatic rings. The largest absolute Gasteiger partial charge is 0.361 e. The van der Waals surface area contributed by atoms with Gasteiger partial charge in [0.2, 0.25) is 0 Å². The van der Waals surface area contributed by atoms with Crippen molar-refractivity contribution < 1.29 is 4.52 Å². The van der Waals surface area contributed by atoms with Crippen molar-refractivity contribution in [1.82, 2.24) is 14.7 Å². The lowest BCUT2D eigenvalue weighted by Gasteiger charge is -2.08. The summed E-state index contributed by atoms with van der Waals surface area (Å²) in [5, 5.41) is 4.02. The van der Waals surface area contributed by atoms with Gasteiger partial charge in [0.05, 0.1) is 16.7 Å². The van der Waals surface area contributed by atoms with E-state index in [1.807, 2.05) is 32.0 Å². The Morgan fingerprint density at radius 3 is 2.52 bits per heavy atom. The molecule has 0 amide bonds. The lowest BCUT2D eigenvalue weighted by molar-refractivity contribution is 0.392. The van der Waals surface area contributed by atoms with Crippen molar-refractivity contribution in [3.05, 3.63) is 47.1 Å². The molecule has 2 aromatic heterocycles. The van der Waals surface area contributed by atoms with Crippen LogP contribution < -0.4 is 5.73 Å². The Morgan fingerprint density at radius 2 is 1.87 bits per heavy atom. The molecule has 0 aliphatic carbocycles. The van der Waals surface area contributed by atoms with Crippen molar-refractivity contribution in [1.29, 1.82) is 0 Å². The number of fused-ring (bicyclic) bond motifs is 1. The molecule has 0 radical (unpaired) electrons. The summed E-state index contributed by atoms with van der Waals surface area (Å²) in [6, 6.07) is 8.21. The van der Waals surface area contributed by atoms with Gasteiger partial charge in [0, 0.05) is 18.5 Å². The molecular weight excluding hydrogens is 335 g/mol. The monoisotopic (exact) mass is 356 g/mol. The maximum absolute atomic E-state index is 5.71.